The van der Waals surface area contributed by atoms with Crippen LogP contribution in [0.1, 0.15) is 25.3 Å². The van der Waals surface area contributed by atoms with Gasteiger partial charge in [0.2, 0.25) is 5.49 Å². The molecular weight excluding hydrogens is 246 g/mol. The van der Waals surface area contributed by atoms with Gasteiger partial charge in [0.15, 0.2) is 5.65 Å². The van der Waals surface area contributed by atoms with E-state index >= 15 is 0 Å². The Hall–Kier alpha value is -2.15. The SMILES string of the molecule is CCCCn1c(=O)/c(=N/N)[nH]c2ncc(CO)cc21. The summed E-state index contributed by atoms with van der Waals surface area (Å²) in [5.74, 6) is 5.21. The van der Waals surface area contributed by atoms with Crippen LogP contribution in [0.25, 0.3) is 11.2 Å². The number of unbranched alkanes of at least 4 members (excludes halogenated alkanes) is 1. The normalized spacial score (nSPS) is 12.2. The van der Waals surface area contributed by atoms with E-state index in [2.05, 4.69) is 15.1 Å². The Kier molecular flexibility index (Phi) is 3.96. The molecule has 0 atom stereocenters. The second-order valence-corrected chi connectivity index (χ2v) is 4.28. The summed E-state index contributed by atoms with van der Waals surface area (Å²) in [6.07, 6.45) is 3.38. The van der Waals surface area contributed by atoms with Gasteiger partial charge in [-0.3, -0.25) is 4.79 Å². The fourth-order valence-corrected chi connectivity index (χ4v) is 1.91. The summed E-state index contributed by atoms with van der Waals surface area (Å²) in [4.78, 5) is 19.2. The molecule has 7 nitrogen and oxygen atoms in total. The van der Waals surface area contributed by atoms with Crippen LogP contribution in [0.2, 0.25) is 0 Å². The molecule has 0 aliphatic carbocycles. The smallest absolute Gasteiger partial charge is 0.296 e. The zero-order valence-electron chi connectivity index (χ0n) is 10.8. The van der Waals surface area contributed by atoms with Crippen molar-refractivity contribution in [1.82, 2.24) is 14.5 Å². The van der Waals surface area contributed by atoms with E-state index < -0.39 is 0 Å². The van der Waals surface area contributed by atoms with Crippen LogP contribution in [0.3, 0.4) is 0 Å². The molecule has 2 rings (SSSR count). The molecule has 0 saturated heterocycles. The third-order valence-electron chi connectivity index (χ3n) is 2.95. The van der Waals surface area contributed by atoms with Crippen molar-refractivity contribution in [3.8, 4) is 0 Å². The van der Waals surface area contributed by atoms with Crippen LogP contribution in [0.5, 0.6) is 0 Å². The third-order valence-corrected chi connectivity index (χ3v) is 2.95. The lowest BCUT2D eigenvalue weighted by molar-refractivity contribution is 0.281. The summed E-state index contributed by atoms with van der Waals surface area (Å²) < 4.78 is 1.59. The van der Waals surface area contributed by atoms with Crippen molar-refractivity contribution >= 4 is 11.2 Å². The second-order valence-electron chi connectivity index (χ2n) is 4.28. The fraction of sp³-hybridized carbons (Fsp3) is 0.417. The van der Waals surface area contributed by atoms with E-state index in [0.717, 1.165) is 12.8 Å². The number of aliphatic hydroxyl groups is 1. The molecule has 0 aliphatic heterocycles. The Morgan fingerprint density at radius 3 is 3.00 bits per heavy atom. The number of H-pyrrole nitrogens is 1. The molecule has 4 N–H and O–H groups in total. The molecule has 2 heterocycles. The Morgan fingerprint density at radius 2 is 2.37 bits per heavy atom. The van der Waals surface area contributed by atoms with Crippen LogP contribution in [0, 0.1) is 0 Å². The molecule has 0 unspecified atom stereocenters. The lowest BCUT2D eigenvalue weighted by Gasteiger charge is -2.10. The molecule has 0 aromatic carbocycles. The van der Waals surface area contributed by atoms with Crippen molar-refractivity contribution in [2.24, 2.45) is 10.9 Å². The maximum Gasteiger partial charge on any atom is 0.296 e. The zero-order valence-corrected chi connectivity index (χ0v) is 10.8. The standard InChI is InChI=1S/C12H17N5O2/c1-2-3-4-17-9-5-8(7-18)6-14-10(9)15-11(16-13)12(17)19/h5-6,18H,2-4,7,13H2,1H3,(H,14,15,16). The first kappa shape index (κ1) is 13.3. The average Bonchev–Trinajstić information content (AvgIpc) is 2.45. The van der Waals surface area contributed by atoms with E-state index in [1.807, 2.05) is 6.92 Å². The molecule has 0 aliphatic rings. The van der Waals surface area contributed by atoms with Crippen LogP contribution in [-0.4, -0.2) is 19.6 Å². The maximum atomic E-state index is 12.2. The molecule has 0 fully saturated rings. The van der Waals surface area contributed by atoms with E-state index in [1.165, 1.54) is 0 Å². The summed E-state index contributed by atoms with van der Waals surface area (Å²) in [7, 11) is 0. The number of aliphatic hydroxyl groups excluding tert-OH is 1. The highest BCUT2D eigenvalue weighted by Gasteiger charge is 2.08. The lowest BCUT2D eigenvalue weighted by atomic mass is 10.2. The zero-order chi connectivity index (χ0) is 13.8. The number of nitrogens with one attached hydrogen (secondary N) is 1. The highest BCUT2D eigenvalue weighted by Crippen LogP contribution is 2.09. The molecule has 2 aromatic heterocycles. The minimum atomic E-state index is -0.277. The predicted octanol–water partition coefficient (Wildman–Crippen LogP) is -0.209. The summed E-state index contributed by atoms with van der Waals surface area (Å²) in [6.45, 7) is 2.50. The van der Waals surface area contributed by atoms with Crippen molar-refractivity contribution in [2.45, 2.75) is 32.9 Å². The van der Waals surface area contributed by atoms with Crippen LogP contribution < -0.4 is 16.9 Å². The molecule has 0 radical (unpaired) electrons. The van der Waals surface area contributed by atoms with Gasteiger partial charge in [0.1, 0.15) is 0 Å². The van der Waals surface area contributed by atoms with Gasteiger partial charge in [-0.15, -0.1) is 0 Å². The lowest BCUT2D eigenvalue weighted by Crippen LogP contribution is -2.38. The third kappa shape index (κ3) is 2.50. The average molecular weight is 263 g/mol. The van der Waals surface area contributed by atoms with Gasteiger partial charge in [0.25, 0.3) is 5.56 Å². The van der Waals surface area contributed by atoms with Gasteiger partial charge in [-0.05, 0) is 18.1 Å². The van der Waals surface area contributed by atoms with Gasteiger partial charge in [-0.2, -0.15) is 5.10 Å². The number of pyridine rings is 1. The van der Waals surface area contributed by atoms with Gasteiger partial charge in [-0.25, -0.2) is 4.98 Å². The molecule has 0 spiro atoms. The van der Waals surface area contributed by atoms with Gasteiger partial charge in [0, 0.05) is 12.7 Å². The number of fused-ring (bicyclic) bond motifs is 1. The van der Waals surface area contributed by atoms with Gasteiger partial charge in [-0.1, -0.05) is 13.3 Å². The van der Waals surface area contributed by atoms with E-state index in [9.17, 15) is 4.79 Å². The van der Waals surface area contributed by atoms with E-state index in [4.69, 9.17) is 10.9 Å². The molecule has 102 valence electrons. The van der Waals surface area contributed by atoms with Crippen molar-refractivity contribution in [3.63, 3.8) is 0 Å². The number of aromatic amines is 1. The number of hydrogen-bond acceptors (Lipinski definition) is 5. The molecule has 19 heavy (non-hydrogen) atoms. The number of nitrogens with two attached hydrogens (primary N) is 1. The first-order chi connectivity index (χ1) is 9.21. The summed E-state index contributed by atoms with van der Waals surface area (Å²) >= 11 is 0. The topological polar surface area (TPSA) is 109 Å². The van der Waals surface area contributed by atoms with Crippen LogP contribution in [-0.2, 0) is 13.2 Å². The Labute approximate surface area is 109 Å². The molecule has 7 heteroatoms. The number of nitrogens with zero attached hydrogens (tertiary/aromatic N) is 3. The number of aromatic nitrogens is 3. The highest BCUT2D eigenvalue weighted by atomic mass is 16.3. The minimum absolute atomic E-state index is 0.0767. The van der Waals surface area contributed by atoms with Crippen molar-refractivity contribution in [1.29, 1.82) is 0 Å². The largest absolute Gasteiger partial charge is 0.392 e. The quantitative estimate of drug-likeness (QED) is 0.523. The van der Waals surface area contributed by atoms with E-state index in [-0.39, 0.29) is 17.7 Å². The first-order valence-corrected chi connectivity index (χ1v) is 6.17. The summed E-state index contributed by atoms with van der Waals surface area (Å²) in [5.41, 5.74) is 1.63. The summed E-state index contributed by atoms with van der Waals surface area (Å²) in [5, 5.41) is 12.6. The molecule has 0 amide bonds. The summed E-state index contributed by atoms with van der Waals surface area (Å²) in [6, 6.07) is 1.75. The highest BCUT2D eigenvalue weighted by molar-refractivity contribution is 5.70. The number of rotatable bonds is 4. The van der Waals surface area contributed by atoms with Gasteiger partial charge in [0.05, 0.1) is 12.1 Å². The number of hydrogen-bond donors (Lipinski definition) is 3. The van der Waals surface area contributed by atoms with E-state index in [1.54, 1.807) is 16.8 Å². The van der Waals surface area contributed by atoms with Gasteiger partial charge >= 0.3 is 0 Å². The maximum absolute atomic E-state index is 12.2. The van der Waals surface area contributed by atoms with Crippen LogP contribution >= 0.6 is 0 Å². The fourth-order valence-electron chi connectivity index (χ4n) is 1.91. The van der Waals surface area contributed by atoms with Crippen LogP contribution in [0.4, 0.5) is 0 Å². The molecule has 2 aromatic rings. The Bertz CT molecular complexity index is 701. The van der Waals surface area contributed by atoms with Crippen LogP contribution in [0.15, 0.2) is 22.2 Å². The minimum Gasteiger partial charge on any atom is -0.392 e. The molecule has 0 bridgehead atoms. The molecule has 0 saturated carbocycles. The van der Waals surface area contributed by atoms with Gasteiger partial charge < -0.3 is 20.5 Å². The van der Waals surface area contributed by atoms with Crippen molar-refractivity contribution in [2.75, 3.05) is 0 Å². The first-order valence-electron chi connectivity index (χ1n) is 6.17. The Balaban J connectivity index is 2.77. The Morgan fingerprint density at radius 1 is 1.58 bits per heavy atom. The predicted molar refractivity (Wildman–Crippen MR) is 70.9 cm³/mol. The monoisotopic (exact) mass is 263 g/mol. The number of aryl methyl sites for hydroxylation is 1. The van der Waals surface area contributed by atoms with Crippen molar-refractivity contribution in [3.05, 3.63) is 33.7 Å². The second kappa shape index (κ2) is 5.66. The van der Waals surface area contributed by atoms with E-state index in [0.29, 0.717) is 23.3 Å². The van der Waals surface area contributed by atoms with Crippen molar-refractivity contribution < 1.29 is 5.11 Å². The molecular formula is C12H17N5O2.